The summed E-state index contributed by atoms with van der Waals surface area (Å²) in [6, 6.07) is 0. The minimum Gasteiger partial charge on any atom is -0.479 e. The first-order chi connectivity index (χ1) is 14.6. The zero-order valence-electron chi connectivity index (χ0n) is 17.7. The molecule has 180 valence electrons. The summed E-state index contributed by atoms with van der Waals surface area (Å²) in [4.78, 5) is 35.7. The van der Waals surface area contributed by atoms with Crippen LogP contribution in [-0.2, 0) is 19.1 Å². The molecule has 0 bridgehead atoms. The van der Waals surface area contributed by atoms with Crippen LogP contribution in [-0.4, -0.2) is 93.0 Å². The Bertz CT molecular complexity index is 605. The van der Waals surface area contributed by atoms with Gasteiger partial charge in [0.15, 0.2) is 11.4 Å². The number of amides is 1. The van der Waals surface area contributed by atoms with Crippen LogP contribution in [0.2, 0.25) is 0 Å². The fourth-order valence-corrected chi connectivity index (χ4v) is 3.62. The van der Waals surface area contributed by atoms with Gasteiger partial charge in [-0.05, 0) is 6.42 Å². The van der Waals surface area contributed by atoms with E-state index in [9.17, 15) is 39.2 Å². The molecule has 1 rings (SSSR count). The van der Waals surface area contributed by atoms with Gasteiger partial charge in [-0.25, -0.2) is 9.18 Å². The molecule has 1 fully saturated rings. The molecule has 1 aliphatic heterocycles. The molecule has 6 atom stereocenters. The minimum absolute atomic E-state index is 0.268. The Morgan fingerprint density at radius 2 is 1.90 bits per heavy atom. The van der Waals surface area contributed by atoms with Crippen LogP contribution in [0.15, 0.2) is 0 Å². The number of unbranched alkanes of at least 4 members (excludes halogenated alkanes) is 3. The molecule has 1 saturated heterocycles. The van der Waals surface area contributed by atoms with Gasteiger partial charge in [0.2, 0.25) is 5.91 Å². The number of halogens is 1. The van der Waals surface area contributed by atoms with E-state index < -0.39 is 73.8 Å². The Morgan fingerprint density at radius 1 is 1.23 bits per heavy atom. The number of aliphatic hydroxyl groups is 4. The van der Waals surface area contributed by atoms with Crippen LogP contribution in [0, 0.1) is 5.92 Å². The highest BCUT2D eigenvalue weighted by molar-refractivity contribution is 5.86. The lowest BCUT2D eigenvalue weighted by Crippen LogP contribution is -2.62. The van der Waals surface area contributed by atoms with Crippen LogP contribution in [0.4, 0.5) is 4.39 Å². The topological polar surface area (TPSA) is 174 Å². The van der Waals surface area contributed by atoms with Gasteiger partial charge in [0, 0.05) is 25.2 Å². The number of ketones is 1. The number of carboxylic acids is 1. The number of carbonyl (C=O) groups excluding carboxylic acids is 2. The Balaban J connectivity index is 2.81. The van der Waals surface area contributed by atoms with E-state index in [4.69, 9.17) is 9.84 Å². The van der Waals surface area contributed by atoms with Crippen molar-refractivity contribution in [2.24, 2.45) is 5.92 Å². The molecular weight excluding hydrogens is 417 g/mol. The van der Waals surface area contributed by atoms with Crippen LogP contribution in [0.5, 0.6) is 0 Å². The van der Waals surface area contributed by atoms with Crippen LogP contribution in [0.25, 0.3) is 0 Å². The van der Waals surface area contributed by atoms with E-state index in [2.05, 4.69) is 5.32 Å². The van der Waals surface area contributed by atoms with Crippen LogP contribution in [0.1, 0.15) is 51.9 Å². The van der Waals surface area contributed by atoms with Gasteiger partial charge in [-0.2, -0.15) is 0 Å². The molecule has 0 radical (unpaired) electrons. The molecule has 31 heavy (non-hydrogen) atoms. The van der Waals surface area contributed by atoms with Crippen molar-refractivity contribution >= 4 is 17.7 Å². The minimum atomic E-state index is -2.45. The highest BCUT2D eigenvalue weighted by atomic mass is 19.1. The van der Waals surface area contributed by atoms with Crippen molar-refractivity contribution in [3.05, 3.63) is 0 Å². The largest absolute Gasteiger partial charge is 0.479 e. The maximum Gasteiger partial charge on any atom is 0.338 e. The van der Waals surface area contributed by atoms with Gasteiger partial charge in [-0.3, -0.25) is 9.59 Å². The van der Waals surface area contributed by atoms with E-state index in [1.165, 1.54) is 0 Å². The molecule has 0 saturated carbocycles. The summed E-state index contributed by atoms with van der Waals surface area (Å²) < 4.78 is 18.8. The lowest BCUT2D eigenvalue weighted by Gasteiger charge is -2.46. The number of carbonyl (C=O) groups is 3. The van der Waals surface area contributed by atoms with Crippen molar-refractivity contribution in [1.29, 1.82) is 0 Å². The Morgan fingerprint density at radius 3 is 2.45 bits per heavy atom. The highest BCUT2D eigenvalue weighted by Crippen LogP contribution is 2.37. The first-order valence-electron chi connectivity index (χ1n) is 10.5. The van der Waals surface area contributed by atoms with Gasteiger partial charge in [-0.1, -0.05) is 26.2 Å². The van der Waals surface area contributed by atoms with Gasteiger partial charge >= 0.3 is 5.97 Å². The quantitative estimate of drug-likeness (QED) is 0.187. The molecular formula is C20H34FNO9. The summed E-state index contributed by atoms with van der Waals surface area (Å²) in [7, 11) is 0. The highest BCUT2D eigenvalue weighted by Gasteiger charge is 2.54. The molecule has 0 aromatic carbocycles. The van der Waals surface area contributed by atoms with E-state index in [0.717, 1.165) is 19.3 Å². The summed E-state index contributed by atoms with van der Waals surface area (Å²) in [5.74, 6) is -3.71. The second kappa shape index (κ2) is 13.0. The van der Waals surface area contributed by atoms with Gasteiger partial charge < -0.3 is 35.6 Å². The second-order valence-electron chi connectivity index (χ2n) is 8.02. The van der Waals surface area contributed by atoms with Crippen LogP contribution >= 0.6 is 0 Å². The van der Waals surface area contributed by atoms with Crippen molar-refractivity contribution in [2.45, 2.75) is 81.9 Å². The molecule has 10 nitrogen and oxygen atoms in total. The number of hydrogen-bond acceptors (Lipinski definition) is 8. The maximum atomic E-state index is 13.5. The van der Waals surface area contributed by atoms with Gasteiger partial charge in [0.1, 0.15) is 18.9 Å². The Hall–Kier alpha value is -1.66. The summed E-state index contributed by atoms with van der Waals surface area (Å²) in [6.45, 7) is -0.706. The monoisotopic (exact) mass is 451 g/mol. The van der Waals surface area contributed by atoms with E-state index >= 15 is 0 Å². The van der Waals surface area contributed by atoms with Gasteiger partial charge in [-0.15, -0.1) is 0 Å². The Labute approximate surface area is 180 Å². The first-order valence-corrected chi connectivity index (χ1v) is 10.5. The Kier molecular flexibility index (Phi) is 11.5. The fraction of sp³-hybridized carbons (Fsp3) is 0.850. The average molecular weight is 451 g/mol. The third kappa shape index (κ3) is 7.76. The zero-order chi connectivity index (χ0) is 23.6. The molecule has 6 N–H and O–H groups in total. The molecule has 0 aromatic rings. The van der Waals surface area contributed by atoms with E-state index in [-0.39, 0.29) is 18.9 Å². The predicted octanol–water partition coefficient (Wildman–Crippen LogP) is -0.695. The number of hydrogen-bond donors (Lipinski definition) is 6. The van der Waals surface area contributed by atoms with Crippen LogP contribution < -0.4 is 5.32 Å². The number of nitrogens with one attached hydrogen (secondary N) is 1. The van der Waals surface area contributed by atoms with Crippen molar-refractivity contribution in [3.63, 3.8) is 0 Å². The lowest BCUT2D eigenvalue weighted by molar-refractivity contribution is -0.243. The maximum absolute atomic E-state index is 13.5. The standard InChI is InChI=1S/C20H34FNO9/c1-2-3-4-5-6-16(27)22-9-12(24)7-13-14(25)8-20(11-21,19(29)30)31-18(13)17(28)15(26)10-23/h13-15,17-18,23,25-26,28H,2-11H2,1H3,(H,22,27)(H,29,30)/t13-,14-,15-,17?,18?,20+/m1/s1. The van der Waals surface area contributed by atoms with Crippen molar-refractivity contribution in [2.75, 3.05) is 19.8 Å². The number of Topliss-reactive ketones (excluding diaryl/α,β-unsaturated/α-hetero) is 1. The third-order valence-electron chi connectivity index (χ3n) is 5.54. The van der Waals surface area contributed by atoms with Gasteiger partial charge in [0.25, 0.3) is 0 Å². The molecule has 1 amide bonds. The molecule has 2 unspecified atom stereocenters. The number of alkyl halides is 1. The van der Waals surface area contributed by atoms with Crippen LogP contribution in [0.3, 0.4) is 0 Å². The molecule has 0 aliphatic carbocycles. The molecule has 1 aliphatic rings. The first kappa shape index (κ1) is 27.4. The molecule has 0 aromatic heterocycles. The number of aliphatic carboxylic acids is 1. The number of aliphatic hydroxyl groups excluding tert-OH is 4. The normalized spacial score (nSPS) is 28.0. The summed E-state index contributed by atoms with van der Waals surface area (Å²) >= 11 is 0. The molecule has 11 heteroatoms. The van der Waals surface area contributed by atoms with Crippen molar-refractivity contribution < 1.29 is 49.0 Å². The lowest BCUT2D eigenvalue weighted by atomic mass is 9.77. The zero-order valence-corrected chi connectivity index (χ0v) is 17.7. The number of carboxylic acid groups (broad SMARTS) is 1. The van der Waals surface area contributed by atoms with E-state index in [1.54, 1.807) is 0 Å². The smallest absolute Gasteiger partial charge is 0.338 e. The van der Waals surface area contributed by atoms with Gasteiger partial charge in [0.05, 0.1) is 25.4 Å². The van der Waals surface area contributed by atoms with E-state index in [1.807, 2.05) is 6.92 Å². The summed E-state index contributed by atoms with van der Waals surface area (Å²) in [5, 5.41) is 51.4. The molecule has 1 heterocycles. The predicted molar refractivity (Wildman–Crippen MR) is 106 cm³/mol. The summed E-state index contributed by atoms with van der Waals surface area (Å²) in [5.41, 5.74) is -2.45. The average Bonchev–Trinajstić information content (AvgIpc) is 2.75. The molecule has 0 spiro atoms. The van der Waals surface area contributed by atoms with E-state index in [0.29, 0.717) is 6.42 Å². The fourth-order valence-electron chi connectivity index (χ4n) is 3.62. The van der Waals surface area contributed by atoms with Crippen molar-refractivity contribution in [3.8, 4) is 0 Å². The number of ether oxygens (including phenoxy) is 1. The SMILES string of the molecule is CCCCCCC(=O)NCC(=O)C[C@H]1C(C(O)[C@H](O)CO)O[C@@](CF)(C(=O)O)C[C@H]1O. The summed E-state index contributed by atoms with van der Waals surface area (Å²) in [6.07, 6.45) is -4.01. The second-order valence-corrected chi connectivity index (χ2v) is 8.02. The third-order valence-corrected chi connectivity index (χ3v) is 5.54. The number of rotatable bonds is 14. The van der Waals surface area contributed by atoms with Crippen molar-refractivity contribution in [1.82, 2.24) is 5.32 Å².